The highest BCUT2D eigenvalue weighted by Gasteiger charge is 2.43. The molecule has 0 radical (unpaired) electrons. The minimum atomic E-state index is -1.33. The molecule has 3 aromatic carbocycles. The predicted molar refractivity (Wildman–Crippen MR) is 385 cm³/mol. The van der Waals surface area contributed by atoms with E-state index in [1.165, 1.54) is 25.7 Å². The number of carbonyl (C=O) groups is 13. The zero-order valence-corrected chi connectivity index (χ0v) is 60.9. The van der Waals surface area contributed by atoms with E-state index in [0.29, 0.717) is 32.1 Å². The third-order valence-corrected chi connectivity index (χ3v) is 21.2. The van der Waals surface area contributed by atoms with Crippen molar-refractivity contribution in [3.8, 4) is 0 Å². The third-order valence-electron chi connectivity index (χ3n) is 16.9. The van der Waals surface area contributed by atoms with Crippen LogP contribution < -0.4 is 32.3 Å². The van der Waals surface area contributed by atoms with E-state index in [1.807, 2.05) is 91.0 Å². The average molecular weight is 1480 g/mol. The number of imide groups is 2. The van der Waals surface area contributed by atoms with Gasteiger partial charge in [-0.1, -0.05) is 111 Å². The Morgan fingerprint density at radius 1 is 0.578 bits per heavy atom. The van der Waals surface area contributed by atoms with Crippen molar-refractivity contribution >= 4 is 112 Å². The standard InChI is InChI=1S/C72H100N8O19S3/c1-4-54(84)24-15-8-16-25-57(69(93)78-59(67(73)91)48-101-62-44-66(90)80(71(62)95)33-30-63(87)74-3)77-64(88)28-27-56(45-98-41-40-97-39-38-96-37-35-82)99-36-31-75-68(92)50(46-102-72(51-18-9-5-10-19-51,52-20-11-6-12-21-52)53-22-13-7-14-23-53)42-55(85)29-32-79-65(89)43-61(70(79)94)100-47-58(76-49(2)83)60(86)26-17-34-81/h5-7,9-14,18-23,50,56-59,61-62,81-82H,4,8,15-17,24-48H2,1-3H3,(H2,73,91)(H,74,87)(H,75,92)(H,76,83)(H,77,88)(H,78,93). The van der Waals surface area contributed by atoms with Gasteiger partial charge in [-0.05, 0) is 42.4 Å². The Morgan fingerprint density at radius 3 is 1.68 bits per heavy atom. The number of Topliss-reactive ketones (excluding diaryl/α,β-unsaturated/α-hetero) is 3. The van der Waals surface area contributed by atoms with Crippen LogP contribution in [0, 0.1) is 5.92 Å². The highest BCUT2D eigenvalue weighted by atomic mass is 32.2. The van der Waals surface area contributed by atoms with E-state index < -0.39 is 104 Å². The number of ketones is 3. The first-order valence-corrected chi connectivity index (χ1v) is 37.7. The second-order valence-electron chi connectivity index (χ2n) is 24.5. The summed E-state index contributed by atoms with van der Waals surface area (Å²) in [6.45, 7) is 2.92. The van der Waals surface area contributed by atoms with Gasteiger partial charge in [-0.2, -0.15) is 0 Å². The average Bonchev–Trinajstić information content (AvgIpc) is 0.831. The molecule has 560 valence electrons. The fourth-order valence-corrected chi connectivity index (χ4v) is 15.4. The SMILES string of the molecule is CCC(=O)CCCCCC(NC(=O)CCC(COCCOCCOCCO)OCCNC(=O)C(CSC(c1ccccc1)(c1ccccc1)c1ccccc1)CC(=O)CCN1C(=O)CC(SCC(NC(C)=O)C(=O)CCCO)C1=O)C(=O)NC(CSC1CC(=O)N(CCC(=O)NC)C1=O)C(N)=O. The molecule has 3 aromatic rings. The normalized spacial score (nSPS) is 16.0. The van der Waals surface area contributed by atoms with Crippen LogP contribution in [0.2, 0.25) is 0 Å². The van der Waals surface area contributed by atoms with Gasteiger partial charge in [0, 0.05) is 115 Å². The summed E-state index contributed by atoms with van der Waals surface area (Å²) in [6, 6.07) is 25.9. The number of likely N-dealkylation sites (tertiary alicyclic amines) is 2. The van der Waals surface area contributed by atoms with Crippen molar-refractivity contribution in [3.63, 3.8) is 0 Å². The van der Waals surface area contributed by atoms with Crippen LogP contribution in [-0.2, 0) is 86.0 Å². The third kappa shape index (κ3) is 29.0. The Kier molecular flexibility index (Phi) is 39.3. The number of benzene rings is 3. The van der Waals surface area contributed by atoms with Crippen LogP contribution in [0.1, 0.15) is 127 Å². The molecule has 0 saturated carbocycles. The number of aliphatic hydroxyl groups is 2. The van der Waals surface area contributed by atoms with Crippen molar-refractivity contribution in [2.75, 3.05) is 103 Å². The van der Waals surface area contributed by atoms with Crippen LogP contribution in [0.25, 0.3) is 0 Å². The van der Waals surface area contributed by atoms with Gasteiger partial charge in [0.05, 0.1) is 86.2 Å². The number of nitrogens with one attached hydrogen (secondary N) is 5. The molecule has 7 atom stereocenters. The number of nitrogens with zero attached hydrogens (tertiary/aromatic N) is 2. The maximum absolute atomic E-state index is 14.8. The summed E-state index contributed by atoms with van der Waals surface area (Å²) >= 11 is 3.47. The molecule has 0 bridgehead atoms. The summed E-state index contributed by atoms with van der Waals surface area (Å²) in [5.74, 6) is -7.39. The maximum atomic E-state index is 14.8. The molecule has 2 saturated heterocycles. The van der Waals surface area contributed by atoms with Crippen molar-refractivity contribution in [1.29, 1.82) is 0 Å². The van der Waals surface area contributed by atoms with Crippen LogP contribution in [0.5, 0.6) is 0 Å². The van der Waals surface area contributed by atoms with Gasteiger partial charge < -0.3 is 61.5 Å². The molecule has 27 nitrogen and oxygen atoms in total. The number of amides is 10. The number of aliphatic hydroxyl groups excluding tert-OH is 2. The molecule has 30 heteroatoms. The van der Waals surface area contributed by atoms with Gasteiger partial charge in [0.25, 0.3) is 0 Å². The van der Waals surface area contributed by atoms with E-state index in [4.69, 9.17) is 29.8 Å². The second kappa shape index (κ2) is 47.0. The molecule has 9 N–H and O–H groups in total. The molecule has 5 rings (SSSR count). The zero-order valence-electron chi connectivity index (χ0n) is 58.4. The Balaban J connectivity index is 1.32. The van der Waals surface area contributed by atoms with Crippen LogP contribution in [0.15, 0.2) is 91.0 Å². The van der Waals surface area contributed by atoms with Gasteiger partial charge in [0.15, 0.2) is 5.78 Å². The van der Waals surface area contributed by atoms with Gasteiger partial charge in [0.2, 0.25) is 59.1 Å². The molecule has 2 aliphatic heterocycles. The Bertz CT molecular complexity index is 3120. The van der Waals surface area contributed by atoms with Gasteiger partial charge in [-0.3, -0.25) is 72.1 Å². The number of unbranched alkanes of at least 4 members (excludes halogenated alkanes) is 2. The molecule has 10 amide bonds. The molecule has 2 heterocycles. The number of carbonyl (C=O) groups excluding carboxylic acids is 13. The zero-order chi connectivity index (χ0) is 74.2. The lowest BCUT2D eigenvalue weighted by Crippen LogP contribution is -2.54. The topological polar surface area (TPSA) is 392 Å². The number of nitrogens with two attached hydrogens (primary N) is 1. The molecular weight excluding hydrogens is 1380 g/mol. The molecule has 2 fully saturated rings. The van der Waals surface area contributed by atoms with Crippen LogP contribution in [-0.4, -0.2) is 235 Å². The first-order chi connectivity index (χ1) is 49.1. The van der Waals surface area contributed by atoms with E-state index >= 15 is 0 Å². The summed E-state index contributed by atoms with van der Waals surface area (Å²) in [5, 5.41) is 29.9. The maximum Gasteiger partial charge on any atom is 0.243 e. The summed E-state index contributed by atoms with van der Waals surface area (Å²) in [4.78, 5) is 174. The molecule has 0 spiro atoms. The van der Waals surface area contributed by atoms with E-state index in [0.717, 1.165) is 50.0 Å². The molecule has 0 aromatic heterocycles. The molecule has 7 unspecified atom stereocenters. The van der Waals surface area contributed by atoms with E-state index in [9.17, 15) is 67.4 Å². The Labute approximate surface area is 608 Å². The lowest BCUT2D eigenvalue weighted by atomic mass is 9.84. The number of thioether (sulfide) groups is 3. The number of rotatable bonds is 54. The van der Waals surface area contributed by atoms with Gasteiger partial charge in [-0.25, -0.2) is 0 Å². The highest BCUT2D eigenvalue weighted by molar-refractivity contribution is 8.01. The van der Waals surface area contributed by atoms with Crippen molar-refractivity contribution in [3.05, 3.63) is 108 Å². The summed E-state index contributed by atoms with van der Waals surface area (Å²) in [7, 11) is 1.43. The van der Waals surface area contributed by atoms with Crippen molar-refractivity contribution < 1.29 is 91.5 Å². The monoisotopic (exact) mass is 1480 g/mol. The Morgan fingerprint density at radius 2 is 1.14 bits per heavy atom. The fourth-order valence-electron chi connectivity index (χ4n) is 11.3. The van der Waals surface area contributed by atoms with Crippen LogP contribution in [0.4, 0.5) is 0 Å². The first kappa shape index (κ1) is 85.2. The smallest absolute Gasteiger partial charge is 0.243 e. The first-order valence-electron chi connectivity index (χ1n) is 34.6. The fraction of sp³-hybridized carbons (Fsp3) is 0.569. The van der Waals surface area contributed by atoms with Gasteiger partial charge in [0.1, 0.15) is 23.7 Å². The number of hydrogen-bond acceptors (Lipinski definition) is 22. The van der Waals surface area contributed by atoms with Gasteiger partial charge >= 0.3 is 0 Å². The molecule has 2 aliphatic rings. The van der Waals surface area contributed by atoms with E-state index in [-0.39, 0.29) is 178 Å². The number of ether oxygens (including phenoxy) is 4. The second-order valence-corrected chi connectivity index (χ2v) is 28.2. The molecule has 0 aliphatic carbocycles. The predicted octanol–water partition coefficient (Wildman–Crippen LogP) is 3.09. The Hall–Kier alpha value is -7.42. The number of hydrogen-bond donors (Lipinski definition) is 8. The van der Waals surface area contributed by atoms with Crippen molar-refractivity contribution in [2.45, 2.75) is 150 Å². The molecule has 102 heavy (non-hydrogen) atoms. The lowest BCUT2D eigenvalue weighted by Gasteiger charge is -2.36. The summed E-state index contributed by atoms with van der Waals surface area (Å²) < 4.78 is 22.2. The summed E-state index contributed by atoms with van der Waals surface area (Å²) in [6.07, 6.45) is 0.521. The number of primary amides is 1. The van der Waals surface area contributed by atoms with Gasteiger partial charge in [-0.15, -0.1) is 35.3 Å². The minimum absolute atomic E-state index is 0.00386. The van der Waals surface area contributed by atoms with Crippen molar-refractivity contribution in [2.24, 2.45) is 11.7 Å². The lowest BCUT2D eigenvalue weighted by molar-refractivity contribution is -0.140. The quantitative estimate of drug-likeness (QED) is 0.0229. The highest BCUT2D eigenvalue weighted by Crippen LogP contribution is 2.49. The van der Waals surface area contributed by atoms with E-state index in [1.54, 1.807) is 6.92 Å². The largest absolute Gasteiger partial charge is 0.396 e. The van der Waals surface area contributed by atoms with Crippen LogP contribution in [0.3, 0.4) is 0 Å². The molecular formula is C72H100N8O19S3. The minimum Gasteiger partial charge on any atom is -0.396 e. The van der Waals surface area contributed by atoms with E-state index in [2.05, 4.69) is 26.6 Å². The van der Waals surface area contributed by atoms with Crippen molar-refractivity contribution in [1.82, 2.24) is 36.4 Å². The summed E-state index contributed by atoms with van der Waals surface area (Å²) in [5.41, 5.74) is 8.48. The van der Waals surface area contributed by atoms with Crippen LogP contribution >= 0.6 is 35.3 Å².